The summed E-state index contributed by atoms with van der Waals surface area (Å²) in [6.45, 7) is 0. The van der Waals surface area contributed by atoms with Crippen LogP contribution in [0.25, 0.3) is 5.65 Å². The van der Waals surface area contributed by atoms with Crippen LogP contribution in [0.2, 0.25) is 0 Å². The van der Waals surface area contributed by atoms with E-state index in [0.29, 0.717) is 17.1 Å². The predicted octanol–water partition coefficient (Wildman–Crippen LogP) is 1.13. The lowest BCUT2D eigenvalue weighted by molar-refractivity contribution is 0.0593. The van der Waals surface area contributed by atoms with Crippen molar-refractivity contribution in [3.63, 3.8) is 0 Å². The number of hydrogen-bond acceptors (Lipinski definition) is 4. The normalized spacial score (nSPS) is 10.3. The summed E-state index contributed by atoms with van der Waals surface area (Å²) in [5, 5.41) is 0. The Morgan fingerprint density at radius 2 is 2.27 bits per heavy atom. The maximum Gasteiger partial charge on any atom is 0.356 e. The molecule has 5 nitrogen and oxygen atoms in total. The number of hydrogen-bond donors (Lipinski definition) is 0. The first-order valence-electron chi connectivity index (χ1n) is 4.35. The molecular weight excluding hydrogens is 196 g/mol. The molecule has 2 aromatic heterocycles. The van der Waals surface area contributed by atoms with Crippen molar-refractivity contribution in [2.24, 2.45) is 0 Å². The first kappa shape index (κ1) is 9.51. The molecule has 0 saturated heterocycles. The molecular formula is C10H10N2O3. The third kappa shape index (κ3) is 1.52. The van der Waals surface area contributed by atoms with Gasteiger partial charge in [-0.1, -0.05) is 0 Å². The number of methoxy groups -OCH3 is 2. The summed E-state index contributed by atoms with van der Waals surface area (Å²) in [6, 6.07) is 3.49. The minimum atomic E-state index is -0.410. The van der Waals surface area contributed by atoms with Crippen LogP contribution < -0.4 is 4.74 Å². The zero-order valence-corrected chi connectivity index (χ0v) is 8.43. The van der Waals surface area contributed by atoms with Gasteiger partial charge >= 0.3 is 5.97 Å². The Morgan fingerprint density at radius 3 is 2.93 bits per heavy atom. The second kappa shape index (κ2) is 3.61. The highest BCUT2D eigenvalue weighted by atomic mass is 16.5. The second-order valence-corrected chi connectivity index (χ2v) is 2.93. The summed E-state index contributed by atoms with van der Waals surface area (Å²) in [6.07, 6.45) is 3.19. The molecule has 0 spiro atoms. The van der Waals surface area contributed by atoms with Gasteiger partial charge in [-0.05, 0) is 6.07 Å². The van der Waals surface area contributed by atoms with Gasteiger partial charge in [0, 0.05) is 12.3 Å². The molecule has 2 aromatic rings. The van der Waals surface area contributed by atoms with Gasteiger partial charge in [0.25, 0.3) is 0 Å². The van der Waals surface area contributed by atoms with E-state index in [1.54, 1.807) is 29.8 Å². The maximum atomic E-state index is 11.3. The fraction of sp³-hybridized carbons (Fsp3) is 0.200. The Bertz CT molecular complexity index is 504. The summed E-state index contributed by atoms with van der Waals surface area (Å²) >= 11 is 0. The molecule has 0 atom stereocenters. The van der Waals surface area contributed by atoms with Crippen LogP contribution in [0.4, 0.5) is 0 Å². The molecule has 0 aliphatic rings. The van der Waals surface area contributed by atoms with Crippen molar-refractivity contribution in [2.45, 2.75) is 0 Å². The monoisotopic (exact) mass is 206 g/mol. The van der Waals surface area contributed by atoms with E-state index in [2.05, 4.69) is 9.72 Å². The first-order valence-corrected chi connectivity index (χ1v) is 4.35. The lowest BCUT2D eigenvalue weighted by atomic mass is 10.4. The molecule has 0 radical (unpaired) electrons. The van der Waals surface area contributed by atoms with Crippen LogP contribution >= 0.6 is 0 Å². The number of carbonyl (C=O) groups excluding carboxylic acids is 1. The zero-order chi connectivity index (χ0) is 10.8. The molecule has 0 aromatic carbocycles. The number of nitrogens with zero attached hydrogens (tertiary/aromatic N) is 2. The molecule has 0 bridgehead atoms. The molecule has 2 rings (SSSR count). The van der Waals surface area contributed by atoms with Gasteiger partial charge in [-0.3, -0.25) is 4.40 Å². The van der Waals surface area contributed by atoms with Crippen molar-refractivity contribution in [2.75, 3.05) is 14.2 Å². The number of fused-ring (bicyclic) bond motifs is 1. The first-order chi connectivity index (χ1) is 7.26. The number of carbonyl (C=O) groups is 1. The minimum absolute atomic E-state index is 0.398. The summed E-state index contributed by atoms with van der Waals surface area (Å²) < 4.78 is 11.3. The van der Waals surface area contributed by atoms with E-state index in [9.17, 15) is 4.79 Å². The third-order valence-electron chi connectivity index (χ3n) is 2.11. The van der Waals surface area contributed by atoms with Crippen LogP contribution in [0.3, 0.4) is 0 Å². The fourth-order valence-electron chi connectivity index (χ4n) is 1.34. The van der Waals surface area contributed by atoms with Crippen LogP contribution in [0.5, 0.6) is 5.75 Å². The summed E-state index contributed by atoms with van der Waals surface area (Å²) in [4.78, 5) is 15.4. The molecule has 2 heterocycles. The van der Waals surface area contributed by atoms with Crippen LogP contribution in [0.1, 0.15) is 10.5 Å². The number of imidazole rings is 1. The number of pyridine rings is 1. The average molecular weight is 206 g/mol. The van der Waals surface area contributed by atoms with E-state index < -0.39 is 5.97 Å². The van der Waals surface area contributed by atoms with Gasteiger partial charge < -0.3 is 9.47 Å². The predicted molar refractivity (Wildman–Crippen MR) is 53.1 cm³/mol. The average Bonchev–Trinajstić information content (AvgIpc) is 2.70. The molecule has 5 heteroatoms. The molecule has 15 heavy (non-hydrogen) atoms. The molecule has 0 saturated carbocycles. The van der Waals surface area contributed by atoms with Crippen molar-refractivity contribution in [3.8, 4) is 5.75 Å². The lowest BCUT2D eigenvalue weighted by Gasteiger charge is -2.01. The SMILES string of the molecule is COC(=O)c1cnc2cc(OC)ccn12. The highest BCUT2D eigenvalue weighted by Crippen LogP contribution is 2.15. The number of rotatable bonds is 2. The Balaban J connectivity index is 2.57. The van der Waals surface area contributed by atoms with Crippen molar-refractivity contribution in [3.05, 3.63) is 30.2 Å². The highest BCUT2D eigenvalue weighted by Gasteiger charge is 2.11. The Morgan fingerprint density at radius 1 is 1.47 bits per heavy atom. The van der Waals surface area contributed by atoms with E-state index in [-0.39, 0.29) is 0 Å². The van der Waals surface area contributed by atoms with Gasteiger partial charge in [0.1, 0.15) is 11.4 Å². The minimum Gasteiger partial charge on any atom is -0.497 e. The van der Waals surface area contributed by atoms with Crippen molar-refractivity contribution >= 4 is 11.6 Å². The van der Waals surface area contributed by atoms with Gasteiger partial charge in [0.2, 0.25) is 0 Å². The Hall–Kier alpha value is -2.04. The molecule has 0 amide bonds. The second-order valence-electron chi connectivity index (χ2n) is 2.93. The highest BCUT2D eigenvalue weighted by molar-refractivity contribution is 5.88. The lowest BCUT2D eigenvalue weighted by Crippen LogP contribution is -2.04. The fourth-order valence-corrected chi connectivity index (χ4v) is 1.34. The third-order valence-corrected chi connectivity index (χ3v) is 2.11. The van der Waals surface area contributed by atoms with E-state index in [1.165, 1.54) is 13.3 Å². The van der Waals surface area contributed by atoms with Crippen molar-refractivity contribution in [1.82, 2.24) is 9.38 Å². The van der Waals surface area contributed by atoms with E-state index in [0.717, 1.165) is 0 Å². The van der Waals surface area contributed by atoms with Crippen LogP contribution in [0, 0.1) is 0 Å². The molecule has 0 N–H and O–H groups in total. The molecule has 0 unspecified atom stereocenters. The molecule has 0 aliphatic carbocycles. The van der Waals surface area contributed by atoms with E-state index in [4.69, 9.17) is 4.74 Å². The standard InChI is InChI=1S/C10H10N2O3/c1-14-7-3-4-12-8(10(13)15-2)6-11-9(12)5-7/h3-6H,1-2H3. The van der Waals surface area contributed by atoms with Gasteiger partial charge in [-0.25, -0.2) is 9.78 Å². The van der Waals surface area contributed by atoms with Gasteiger partial charge in [-0.15, -0.1) is 0 Å². The number of aromatic nitrogens is 2. The molecule has 78 valence electrons. The summed E-state index contributed by atoms with van der Waals surface area (Å²) in [7, 11) is 2.92. The Labute approximate surface area is 86.3 Å². The van der Waals surface area contributed by atoms with E-state index in [1.807, 2.05) is 0 Å². The quantitative estimate of drug-likeness (QED) is 0.691. The summed E-state index contributed by atoms with van der Waals surface area (Å²) in [5.41, 5.74) is 1.05. The van der Waals surface area contributed by atoms with Crippen LogP contribution in [-0.2, 0) is 4.74 Å². The van der Waals surface area contributed by atoms with Gasteiger partial charge in [-0.2, -0.15) is 0 Å². The molecule has 0 aliphatic heterocycles. The number of esters is 1. The smallest absolute Gasteiger partial charge is 0.356 e. The van der Waals surface area contributed by atoms with Gasteiger partial charge in [0.05, 0.1) is 20.4 Å². The Kier molecular flexibility index (Phi) is 2.29. The maximum absolute atomic E-state index is 11.3. The van der Waals surface area contributed by atoms with Crippen molar-refractivity contribution in [1.29, 1.82) is 0 Å². The van der Waals surface area contributed by atoms with Crippen LogP contribution in [-0.4, -0.2) is 29.6 Å². The topological polar surface area (TPSA) is 52.8 Å². The number of ether oxygens (including phenoxy) is 2. The van der Waals surface area contributed by atoms with Gasteiger partial charge in [0.15, 0.2) is 5.69 Å². The van der Waals surface area contributed by atoms with E-state index >= 15 is 0 Å². The summed E-state index contributed by atoms with van der Waals surface area (Å²) in [5.74, 6) is 0.289. The molecule has 0 fully saturated rings. The van der Waals surface area contributed by atoms with Crippen molar-refractivity contribution < 1.29 is 14.3 Å². The largest absolute Gasteiger partial charge is 0.497 e. The van der Waals surface area contributed by atoms with Crippen LogP contribution in [0.15, 0.2) is 24.5 Å². The zero-order valence-electron chi connectivity index (χ0n) is 8.43.